The lowest BCUT2D eigenvalue weighted by molar-refractivity contribution is -0.131. The standard InChI is InChI=1S/C19H30N4O2/c1-3-10-20-18(24)15-21-11-13-23(14-12-21)19(25)16-22(4-2)17-8-6-5-7-9-17/h5-9H,3-4,10-16H2,1-2H3,(H,20,24). The second-order valence-electron chi connectivity index (χ2n) is 6.36. The maximum atomic E-state index is 12.6. The smallest absolute Gasteiger partial charge is 0.242 e. The fourth-order valence-corrected chi connectivity index (χ4v) is 2.97. The molecule has 0 saturated carbocycles. The van der Waals surface area contributed by atoms with Gasteiger partial charge in [-0.2, -0.15) is 0 Å². The topological polar surface area (TPSA) is 55.9 Å². The quantitative estimate of drug-likeness (QED) is 0.768. The summed E-state index contributed by atoms with van der Waals surface area (Å²) in [6, 6.07) is 10.0. The largest absolute Gasteiger partial charge is 0.362 e. The van der Waals surface area contributed by atoms with Crippen molar-refractivity contribution in [3.8, 4) is 0 Å². The molecule has 6 heteroatoms. The SMILES string of the molecule is CCCNC(=O)CN1CCN(C(=O)CN(CC)c2ccccc2)CC1. The molecule has 0 atom stereocenters. The van der Waals surface area contributed by atoms with Crippen molar-refractivity contribution in [2.45, 2.75) is 20.3 Å². The van der Waals surface area contributed by atoms with Crippen LogP contribution in [-0.2, 0) is 9.59 Å². The summed E-state index contributed by atoms with van der Waals surface area (Å²) in [7, 11) is 0. The molecule has 0 spiro atoms. The number of hydrogen-bond acceptors (Lipinski definition) is 4. The van der Waals surface area contributed by atoms with Crippen molar-refractivity contribution in [3.63, 3.8) is 0 Å². The van der Waals surface area contributed by atoms with Crippen LogP contribution < -0.4 is 10.2 Å². The molecule has 1 aliphatic rings. The minimum atomic E-state index is 0.0721. The third kappa shape index (κ3) is 6.05. The molecule has 1 aliphatic heterocycles. The van der Waals surface area contributed by atoms with Gasteiger partial charge in [-0.25, -0.2) is 0 Å². The molecule has 0 aliphatic carbocycles. The summed E-state index contributed by atoms with van der Waals surface area (Å²) in [6.07, 6.45) is 0.948. The molecule has 0 bridgehead atoms. The van der Waals surface area contributed by atoms with E-state index in [1.165, 1.54) is 0 Å². The van der Waals surface area contributed by atoms with Gasteiger partial charge in [0.2, 0.25) is 11.8 Å². The molecule has 2 rings (SSSR count). The summed E-state index contributed by atoms with van der Waals surface area (Å²) in [5.74, 6) is 0.226. The summed E-state index contributed by atoms with van der Waals surface area (Å²) in [6.45, 7) is 9.33. The Morgan fingerprint density at radius 2 is 1.76 bits per heavy atom. The molecule has 0 aromatic heterocycles. The van der Waals surface area contributed by atoms with Crippen LogP contribution in [0.1, 0.15) is 20.3 Å². The summed E-state index contributed by atoms with van der Waals surface area (Å²) in [5, 5.41) is 2.90. The Morgan fingerprint density at radius 3 is 2.36 bits per heavy atom. The van der Waals surface area contributed by atoms with E-state index in [9.17, 15) is 9.59 Å². The third-order valence-corrected chi connectivity index (χ3v) is 4.49. The van der Waals surface area contributed by atoms with E-state index in [-0.39, 0.29) is 11.8 Å². The molecule has 6 nitrogen and oxygen atoms in total. The highest BCUT2D eigenvalue weighted by Crippen LogP contribution is 2.13. The highest BCUT2D eigenvalue weighted by Gasteiger charge is 2.23. The number of para-hydroxylation sites is 1. The van der Waals surface area contributed by atoms with E-state index in [4.69, 9.17) is 0 Å². The second-order valence-corrected chi connectivity index (χ2v) is 6.36. The number of anilines is 1. The molecule has 1 fully saturated rings. The predicted octanol–water partition coefficient (Wildman–Crippen LogP) is 1.18. The number of carbonyl (C=O) groups excluding carboxylic acids is 2. The molecule has 1 N–H and O–H groups in total. The van der Waals surface area contributed by atoms with E-state index in [1.54, 1.807) is 0 Å². The van der Waals surface area contributed by atoms with Crippen molar-refractivity contribution in [2.75, 3.05) is 57.3 Å². The molecule has 1 saturated heterocycles. The van der Waals surface area contributed by atoms with Crippen molar-refractivity contribution in [1.29, 1.82) is 0 Å². The number of likely N-dealkylation sites (N-methyl/N-ethyl adjacent to an activating group) is 1. The molecule has 0 radical (unpaired) electrons. The van der Waals surface area contributed by atoms with Gasteiger partial charge in [0.1, 0.15) is 0 Å². The monoisotopic (exact) mass is 346 g/mol. The Balaban J connectivity index is 1.78. The van der Waals surface area contributed by atoms with Crippen LogP contribution in [-0.4, -0.2) is 74.0 Å². The van der Waals surface area contributed by atoms with Gasteiger partial charge in [-0.15, -0.1) is 0 Å². The number of rotatable bonds is 8. The average Bonchev–Trinajstić information content (AvgIpc) is 2.65. The highest BCUT2D eigenvalue weighted by atomic mass is 16.2. The van der Waals surface area contributed by atoms with Crippen LogP contribution in [0.5, 0.6) is 0 Å². The summed E-state index contributed by atoms with van der Waals surface area (Å²) >= 11 is 0. The minimum absolute atomic E-state index is 0.0721. The van der Waals surface area contributed by atoms with Gasteiger partial charge in [0.05, 0.1) is 13.1 Å². The summed E-state index contributed by atoms with van der Waals surface area (Å²) in [5.41, 5.74) is 1.07. The van der Waals surface area contributed by atoms with Crippen LogP contribution in [0, 0.1) is 0 Å². The molecule has 138 valence electrons. The van der Waals surface area contributed by atoms with Gasteiger partial charge in [-0.3, -0.25) is 14.5 Å². The van der Waals surface area contributed by atoms with Crippen LogP contribution in [0.3, 0.4) is 0 Å². The number of nitrogens with one attached hydrogen (secondary N) is 1. The highest BCUT2D eigenvalue weighted by molar-refractivity contribution is 5.81. The third-order valence-electron chi connectivity index (χ3n) is 4.49. The van der Waals surface area contributed by atoms with Gasteiger partial charge in [0.25, 0.3) is 0 Å². The number of amides is 2. The van der Waals surface area contributed by atoms with Crippen LogP contribution >= 0.6 is 0 Å². The van der Waals surface area contributed by atoms with E-state index < -0.39 is 0 Å². The minimum Gasteiger partial charge on any atom is -0.362 e. The van der Waals surface area contributed by atoms with Crippen LogP contribution in [0.2, 0.25) is 0 Å². The van der Waals surface area contributed by atoms with E-state index in [1.807, 2.05) is 42.2 Å². The maximum absolute atomic E-state index is 12.6. The van der Waals surface area contributed by atoms with Gasteiger partial charge in [-0.1, -0.05) is 25.1 Å². The first-order valence-electron chi connectivity index (χ1n) is 9.20. The van der Waals surface area contributed by atoms with Gasteiger partial charge in [0.15, 0.2) is 0 Å². The van der Waals surface area contributed by atoms with Gasteiger partial charge >= 0.3 is 0 Å². The molecule has 1 heterocycles. The molecule has 25 heavy (non-hydrogen) atoms. The molecule has 0 unspecified atom stereocenters. The molecule has 1 aromatic carbocycles. The number of piperazine rings is 1. The van der Waals surface area contributed by atoms with Crippen molar-refractivity contribution in [2.24, 2.45) is 0 Å². The molecular weight excluding hydrogens is 316 g/mol. The van der Waals surface area contributed by atoms with Crippen molar-refractivity contribution in [3.05, 3.63) is 30.3 Å². The Morgan fingerprint density at radius 1 is 1.08 bits per heavy atom. The van der Waals surface area contributed by atoms with Crippen LogP contribution in [0.4, 0.5) is 5.69 Å². The van der Waals surface area contributed by atoms with E-state index in [0.717, 1.165) is 38.3 Å². The van der Waals surface area contributed by atoms with Crippen molar-refractivity contribution < 1.29 is 9.59 Å². The fraction of sp³-hybridized carbons (Fsp3) is 0.579. The lowest BCUT2D eigenvalue weighted by atomic mass is 10.2. The van der Waals surface area contributed by atoms with E-state index in [2.05, 4.69) is 22.0 Å². The number of benzene rings is 1. The normalized spacial score (nSPS) is 15.0. The number of carbonyl (C=O) groups is 2. The van der Waals surface area contributed by atoms with Crippen molar-refractivity contribution >= 4 is 17.5 Å². The fourth-order valence-electron chi connectivity index (χ4n) is 2.97. The van der Waals surface area contributed by atoms with Crippen LogP contribution in [0.25, 0.3) is 0 Å². The number of nitrogens with zero attached hydrogens (tertiary/aromatic N) is 3. The van der Waals surface area contributed by atoms with Gasteiger partial charge in [0, 0.05) is 45.0 Å². The zero-order valence-electron chi connectivity index (χ0n) is 15.4. The molecule has 1 aromatic rings. The Bertz CT molecular complexity index is 542. The maximum Gasteiger partial charge on any atom is 0.242 e. The lowest BCUT2D eigenvalue weighted by Crippen LogP contribution is -2.53. The van der Waals surface area contributed by atoms with Gasteiger partial charge < -0.3 is 15.1 Å². The average molecular weight is 346 g/mol. The van der Waals surface area contributed by atoms with Gasteiger partial charge in [-0.05, 0) is 25.5 Å². The van der Waals surface area contributed by atoms with E-state index in [0.29, 0.717) is 26.2 Å². The molecule has 2 amide bonds. The summed E-state index contributed by atoms with van der Waals surface area (Å²) in [4.78, 5) is 30.5. The zero-order valence-corrected chi connectivity index (χ0v) is 15.4. The Hall–Kier alpha value is -2.08. The second kappa shape index (κ2) is 10.0. The van der Waals surface area contributed by atoms with Crippen molar-refractivity contribution in [1.82, 2.24) is 15.1 Å². The number of hydrogen-bond donors (Lipinski definition) is 1. The first-order valence-corrected chi connectivity index (χ1v) is 9.20. The molecular formula is C19H30N4O2. The lowest BCUT2D eigenvalue weighted by Gasteiger charge is -2.35. The van der Waals surface area contributed by atoms with Crippen LogP contribution in [0.15, 0.2) is 30.3 Å². The first kappa shape index (κ1) is 19.2. The zero-order chi connectivity index (χ0) is 18.1. The predicted molar refractivity (Wildman–Crippen MR) is 101 cm³/mol. The Labute approximate surface area is 150 Å². The first-order chi connectivity index (χ1) is 12.1. The Kier molecular flexibility index (Phi) is 7.73. The summed E-state index contributed by atoms with van der Waals surface area (Å²) < 4.78 is 0. The van der Waals surface area contributed by atoms with E-state index >= 15 is 0 Å².